The zero-order chi connectivity index (χ0) is 18.5. The van der Waals surface area contributed by atoms with Crippen molar-refractivity contribution >= 4 is 39.6 Å². The van der Waals surface area contributed by atoms with Crippen LogP contribution >= 0.6 is 22.6 Å². The monoisotopic (exact) mass is 468 g/mol. The summed E-state index contributed by atoms with van der Waals surface area (Å²) in [6.07, 6.45) is 2.41. The number of benzene rings is 1. The third-order valence-corrected chi connectivity index (χ3v) is 5.94. The van der Waals surface area contributed by atoms with Gasteiger partial charge in [0.05, 0.1) is 6.61 Å². The number of aromatic nitrogens is 1. The van der Waals surface area contributed by atoms with Crippen LogP contribution < -0.4 is 0 Å². The number of nitrogens with one attached hydrogen (secondary N) is 1. The maximum absolute atomic E-state index is 13.0. The van der Waals surface area contributed by atoms with Gasteiger partial charge in [-0.25, -0.2) is 4.79 Å². The van der Waals surface area contributed by atoms with Crippen molar-refractivity contribution in [2.24, 2.45) is 0 Å². The van der Waals surface area contributed by atoms with Crippen LogP contribution in [0.15, 0.2) is 18.2 Å². The van der Waals surface area contributed by atoms with Gasteiger partial charge in [0.15, 0.2) is 0 Å². The predicted molar refractivity (Wildman–Crippen MR) is 109 cm³/mol. The van der Waals surface area contributed by atoms with Gasteiger partial charge in [-0.05, 0) is 80.3 Å². The first kappa shape index (κ1) is 18.1. The van der Waals surface area contributed by atoms with Crippen molar-refractivity contribution in [2.75, 3.05) is 19.8 Å². The maximum Gasteiger partial charge on any atom is 0.411 e. The topological polar surface area (TPSA) is 54.6 Å². The molecule has 2 aromatic rings. The molecule has 6 heteroatoms. The molecule has 1 aromatic carbocycles. The Morgan fingerprint density at radius 3 is 2.88 bits per heavy atom. The number of fused-ring (bicyclic) bond motifs is 4. The van der Waals surface area contributed by atoms with Gasteiger partial charge >= 0.3 is 6.09 Å². The van der Waals surface area contributed by atoms with E-state index >= 15 is 0 Å². The summed E-state index contributed by atoms with van der Waals surface area (Å²) >= 11 is 2.33. The first-order valence-corrected chi connectivity index (χ1v) is 10.3. The normalized spacial score (nSPS) is 23.3. The number of halogens is 1. The third-order valence-electron chi connectivity index (χ3n) is 5.27. The number of nitrogens with zero attached hydrogens (tertiary/aromatic N) is 1. The van der Waals surface area contributed by atoms with Gasteiger partial charge in [-0.3, -0.25) is 4.90 Å². The summed E-state index contributed by atoms with van der Waals surface area (Å²) in [6, 6.07) is 6.50. The second kappa shape index (κ2) is 6.41. The quantitative estimate of drug-likeness (QED) is 0.577. The number of hydrogen-bond donors (Lipinski definition) is 1. The summed E-state index contributed by atoms with van der Waals surface area (Å²) in [4.78, 5) is 18.5. The average Bonchev–Trinajstić information content (AvgIpc) is 2.93. The molecule has 2 aliphatic heterocycles. The van der Waals surface area contributed by atoms with Crippen LogP contribution in [0.5, 0.6) is 0 Å². The minimum Gasteiger partial charge on any atom is -0.444 e. The van der Waals surface area contributed by atoms with Gasteiger partial charge in [-0.15, -0.1) is 0 Å². The molecule has 1 atom stereocenters. The highest BCUT2D eigenvalue weighted by molar-refractivity contribution is 14.1. The molecule has 5 nitrogen and oxygen atoms in total. The van der Waals surface area contributed by atoms with Crippen LogP contribution in [0.25, 0.3) is 10.9 Å². The smallest absolute Gasteiger partial charge is 0.411 e. The number of ether oxygens (including phenoxy) is 2. The highest BCUT2D eigenvalue weighted by Crippen LogP contribution is 2.44. The molecule has 1 saturated heterocycles. The van der Waals surface area contributed by atoms with E-state index in [0.29, 0.717) is 13.2 Å². The first-order valence-electron chi connectivity index (χ1n) is 9.19. The van der Waals surface area contributed by atoms with Crippen LogP contribution in [0.1, 0.15) is 44.9 Å². The number of carbonyl (C=O) groups is 1. The fourth-order valence-corrected chi connectivity index (χ4v) is 4.72. The standard InChI is InChI=1S/C20H25IN2O3/c1-19(2,3)26-18(24)23-9-7-15-14-6-5-13(21)11-16(14)22-17(15)20(23)8-4-10-25-12-20/h5-6,11,22H,4,7-10,12H2,1-3H3. The lowest BCUT2D eigenvalue weighted by Crippen LogP contribution is -2.58. The van der Waals surface area contributed by atoms with E-state index in [1.165, 1.54) is 14.5 Å². The molecule has 1 spiro atoms. The van der Waals surface area contributed by atoms with Gasteiger partial charge in [-0.2, -0.15) is 0 Å². The Morgan fingerprint density at radius 2 is 2.19 bits per heavy atom. The van der Waals surface area contributed by atoms with Crippen molar-refractivity contribution in [3.05, 3.63) is 33.0 Å². The largest absolute Gasteiger partial charge is 0.444 e. The van der Waals surface area contributed by atoms with Crippen LogP contribution in [-0.4, -0.2) is 41.3 Å². The van der Waals surface area contributed by atoms with Crippen molar-refractivity contribution in [3.8, 4) is 0 Å². The lowest BCUT2D eigenvalue weighted by Gasteiger charge is -2.48. The molecule has 140 valence electrons. The molecule has 1 aromatic heterocycles. The highest BCUT2D eigenvalue weighted by Gasteiger charge is 2.49. The maximum atomic E-state index is 13.0. The summed E-state index contributed by atoms with van der Waals surface area (Å²) in [5.41, 5.74) is 2.62. The number of H-pyrrole nitrogens is 1. The lowest BCUT2D eigenvalue weighted by molar-refractivity contribution is -0.0689. The fraction of sp³-hybridized carbons (Fsp3) is 0.550. The Labute approximate surface area is 167 Å². The zero-order valence-corrected chi connectivity index (χ0v) is 17.7. The van der Waals surface area contributed by atoms with E-state index in [-0.39, 0.29) is 6.09 Å². The van der Waals surface area contributed by atoms with Crippen molar-refractivity contribution < 1.29 is 14.3 Å². The van der Waals surface area contributed by atoms with Crippen LogP contribution in [-0.2, 0) is 21.4 Å². The molecular formula is C20H25IN2O3. The van der Waals surface area contributed by atoms with Crippen LogP contribution in [0, 0.1) is 3.57 Å². The molecule has 1 amide bonds. The van der Waals surface area contributed by atoms with E-state index in [0.717, 1.165) is 37.1 Å². The fourth-order valence-electron chi connectivity index (χ4n) is 4.23. The lowest BCUT2D eigenvalue weighted by atomic mass is 9.81. The zero-order valence-electron chi connectivity index (χ0n) is 15.5. The Balaban J connectivity index is 1.82. The summed E-state index contributed by atoms with van der Waals surface area (Å²) in [5.74, 6) is 0. The van der Waals surface area contributed by atoms with E-state index in [1.807, 2.05) is 25.7 Å². The summed E-state index contributed by atoms with van der Waals surface area (Å²) < 4.78 is 12.8. The molecule has 4 rings (SSSR count). The van der Waals surface area contributed by atoms with Gasteiger partial charge in [0.2, 0.25) is 0 Å². The van der Waals surface area contributed by atoms with Crippen molar-refractivity contribution in [1.29, 1.82) is 0 Å². The molecule has 0 aliphatic carbocycles. The van der Waals surface area contributed by atoms with E-state index in [4.69, 9.17) is 9.47 Å². The highest BCUT2D eigenvalue weighted by atomic mass is 127. The summed E-state index contributed by atoms with van der Waals surface area (Å²) in [5, 5.41) is 1.26. The number of rotatable bonds is 0. The molecule has 1 N–H and O–H groups in total. The minimum absolute atomic E-state index is 0.248. The molecule has 2 aliphatic rings. The molecule has 0 bridgehead atoms. The molecular weight excluding hydrogens is 443 g/mol. The summed E-state index contributed by atoms with van der Waals surface area (Å²) in [7, 11) is 0. The van der Waals surface area contributed by atoms with Crippen molar-refractivity contribution in [2.45, 2.75) is 51.2 Å². The van der Waals surface area contributed by atoms with Gasteiger partial charge in [0, 0.05) is 33.3 Å². The van der Waals surface area contributed by atoms with E-state index in [2.05, 4.69) is 45.8 Å². The Morgan fingerprint density at radius 1 is 1.38 bits per heavy atom. The van der Waals surface area contributed by atoms with Crippen molar-refractivity contribution in [3.63, 3.8) is 0 Å². The molecule has 26 heavy (non-hydrogen) atoms. The second-order valence-corrected chi connectivity index (χ2v) is 9.48. The second-order valence-electron chi connectivity index (χ2n) is 8.24. The average molecular weight is 468 g/mol. The van der Waals surface area contributed by atoms with Gasteiger partial charge in [0.25, 0.3) is 0 Å². The van der Waals surface area contributed by atoms with Crippen LogP contribution in [0.4, 0.5) is 4.79 Å². The Hall–Kier alpha value is -1.28. The van der Waals surface area contributed by atoms with Gasteiger partial charge in [-0.1, -0.05) is 6.07 Å². The third kappa shape index (κ3) is 3.01. The van der Waals surface area contributed by atoms with E-state index in [1.54, 1.807) is 0 Å². The van der Waals surface area contributed by atoms with E-state index in [9.17, 15) is 4.79 Å². The number of aromatic amines is 1. The summed E-state index contributed by atoms with van der Waals surface area (Å²) in [6.45, 7) is 7.66. The molecule has 1 fully saturated rings. The molecule has 0 radical (unpaired) electrons. The number of amides is 1. The van der Waals surface area contributed by atoms with Crippen LogP contribution in [0.3, 0.4) is 0 Å². The Kier molecular flexibility index (Phi) is 4.46. The van der Waals surface area contributed by atoms with Gasteiger partial charge < -0.3 is 14.5 Å². The van der Waals surface area contributed by atoms with Crippen LogP contribution in [0.2, 0.25) is 0 Å². The molecule has 3 heterocycles. The predicted octanol–water partition coefficient (Wildman–Crippen LogP) is 4.57. The first-order chi connectivity index (χ1) is 12.3. The van der Waals surface area contributed by atoms with Gasteiger partial charge in [0.1, 0.15) is 11.1 Å². The Bertz CT molecular complexity index is 847. The SMILES string of the molecule is CC(C)(C)OC(=O)N1CCc2c([nH]c3cc(I)ccc23)C12CCCOC2. The minimum atomic E-state index is -0.509. The molecule has 1 unspecified atom stereocenters. The number of hydrogen-bond acceptors (Lipinski definition) is 3. The van der Waals surface area contributed by atoms with E-state index < -0.39 is 11.1 Å². The number of carbonyl (C=O) groups excluding carboxylic acids is 1. The molecule has 0 saturated carbocycles. The van der Waals surface area contributed by atoms with Crippen molar-refractivity contribution in [1.82, 2.24) is 9.88 Å².